The van der Waals surface area contributed by atoms with Gasteiger partial charge in [-0.3, -0.25) is 14.9 Å². The van der Waals surface area contributed by atoms with Gasteiger partial charge in [-0.1, -0.05) is 0 Å². The van der Waals surface area contributed by atoms with Gasteiger partial charge in [0.05, 0.1) is 12.2 Å². The van der Waals surface area contributed by atoms with Crippen LogP contribution in [0.25, 0.3) is 0 Å². The predicted octanol–water partition coefficient (Wildman–Crippen LogP) is 2.00. The lowest BCUT2D eigenvalue weighted by molar-refractivity contribution is 0.246. The molecule has 0 saturated heterocycles. The molecule has 4 nitrogen and oxygen atoms in total. The maximum absolute atomic E-state index is 4.30. The highest BCUT2D eigenvalue weighted by molar-refractivity contribution is 7.09. The van der Waals surface area contributed by atoms with E-state index in [1.807, 2.05) is 17.8 Å². The van der Waals surface area contributed by atoms with Crippen molar-refractivity contribution in [2.75, 3.05) is 7.05 Å². The third-order valence-electron chi connectivity index (χ3n) is 2.74. The van der Waals surface area contributed by atoms with Gasteiger partial charge in [-0.2, -0.15) is 0 Å². The Kier molecular flexibility index (Phi) is 4.17. The van der Waals surface area contributed by atoms with Crippen LogP contribution in [-0.2, 0) is 13.0 Å². The zero-order valence-electron chi connectivity index (χ0n) is 10.1. The van der Waals surface area contributed by atoms with Crippen molar-refractivity contribution in [3.8, 4) is 0 Å². The van der Waals surface area contributed by atoms with Gasteiger partial charge in [0.25, 0.3) is 0 Å². The molecule has 0 aliphatic rings. The van der Waals surface area contributed by atoms with Gasteiger partial charge in [0, 0.05) is 42.6 Å². The number of aromatic nitrogens is 3. The third kappa shape index (κ3) is 3.57. The van der Waals surface area contributed by atoms with Gasteiger partial charge in [0.2, 0.25) is 0 Å². The van der Waals surface area contributed by atoms with Crippen molar-refractivity contribution in [1.82, 2.24) is 19.9 Å². The zero-order valence-corrected chi connectivity index (χ0v) is 10.9. The molecule has 0 N–H and O–H groups in total. The second kappa shape index (κ2) is 5.84. The SMILES string of the molecule is C[C@@H](Cc1cnccn1)N(C)Cc1nccs1. The van der Waals surface area contributed by atoms with Crippen molar-refractivity contribution in [2.45, 2.75) is 25.9 Å². The van der Waals surface area contributed by atoms with Gasteiger partial charge in [-0.15, -0.1) is 11.3 Å². The molecule has 0 fully saturated rings. The smallest absolute Gasteiger partial charge is 0.107 e. The van der Waals surface area contributed by atoms with Crippen LogP contribution in [-0.4, -0.2) is 32.9 Å². The molecular weight excluding hydrogens is 232 g/mol. The van der Waals surface area contributed by atoms with Crippen LogP contribution in [0.3, 0.4) is 0 Å². The predicted molar refractivity (Wildman–Crippen MR) is 68.8 cm³/mol. The van der Waals surface area contributed by atoms with Crippen LogP contribution < -0.4 is 0 Å². The number of rotatable bonds is 5. The van der Waals surface area contributed by atoms with Gasteiger partial charge in [0.15, 0.2) is 0 Å². The molecule has 0 saturated carbocycles. The number of likely N-dealkylation sites (N-methyl/N-ethyl adjacent to an activating group) is 1. The average molecular weight is 248 g/mol. The van der Waals surface area contributed by atoms with E-state index >= 15 is 0 Å². The molecule has 17 heavy (non-hydrogen) atoms. The molecule has 0 radical (unpaired) electrons. The fourth-order valence-electron chi connectivity index (χ4n) is 1.59. The van der Waals surface area contributed by atoms with Gasteiger partial charge < -0.3 is 0 Å². The fraction of sp³-hybridized carbons (Fsp3) is 0.417. The maximum Gasteiger partial charge on any atom is 0.107 e. The van der Waals surface area contributed by atoms with E-state index in [-0.39, 0.29) is 0 Å². The lowest BCUT2D eigenvalue weighted by Crippen LogP contribution is -2.30. The normalized spacial score (nSPS) is 12.9. The molecule has 2 rings (SSSR count). The molecule has 2 aromatic heterocycles. The van der Waals surface area contributed by atoms with Gasteiger partial charge in [-0.05, 0) is 14.0 Å². The van der Waals surface area contributed by atoms with E-state index in [0.717, 1.165) is 23.7 Å². The topological polar surface area (TPSA) is 41.9 Å². The molecule has 0 aromatic carbocycles. The molecule has 0 bridgehead atoms. The van der Waals surface area contributed by atoms with E-state index in [9.17, 15) is 0 Å². The van der Waals surface area contributed by atoms with Gasteiger partial charge in [0.1, 0.15) is 5.01 Å². The van der Waals surface area contributed by atoms with Crippen molar-refractivity contribution in [3.63, 3.8) is 0 Å². The van der Waals surface area contributed by atoms with E-state index in [4.69, 9.17) is 0 Å². The Hall–Kier alpha value is -1.33. The zero-order chi connectivity index (χ0) is 12.1. The first kappa shape index (κ1) is 12.1. The van der Waals surface area contributed by atoms with Crippen molar-refractivity contribution in [2.24, 2.45) is 0 Å². The summed E-state index contributed by atoms with van der Waals surface area (Å²) in [6.07, 6.45) is 8.03. The summed E-state index contributed by atoms with van der Waals surface area (Å²) in [6, 6.07) is 0.426. The molecule has 0 unspecified atom stereocenters. The monoisotopic (exact) mass is 248 g/mol. The number of thiazole rings is 1. The molecule has 2 aromatic rings. The van der Waals surface area contributed by atoms with Gasteiger partial charge in [-0.25, -0.2) is 4.98 Å². The largest absolute Gasteiger partial charge is 0.297 e. The highest BCUT2D eigenvalue weighted by Crippen LogP contribution is 2.11. The summed E-state index contributed by atoms with van der Waals surface area (Å²) < 4.78 is 0. The van der Waals surface area contributed by atoms with Crippen LogP contribution >= 0.6 is 11.3 Å². The minimum atomic E-state index is 0.426. The second-order valence-corrected chi connectivity index (χ2v) is 5.07. The number of hydrogen-bond acceptors (Lipinski definition) is 5. The highest BCUT2D eigenvalue weighted by Gasteiger charge is 2.12. The molecule has 0 amide bonds. The molecule has 0 spiro atoms. The Morgan fingerprint density at radius 3 is 2.82 bits per heavy atom. The van der Waals surface area contributed by atoms with Gasteiger partial charge >= 0.3 is 0 Å². The minimum Gasteiger partial charge on any atom is -0.297 e. The Balaban J connectivity index is 1.89. The van der Waals surface area contributed by atoms with Crippen molar-refractivity contribution < 1.29 is 0 Å². The first-order chi connectivity index (χ1) is 8.25. The molecule has 5 heteroatoms. The Morgan fingerprint density at radius 1 is 1.29 bits per heavy atom. The average Bonchev–Trinajstić information content (AvgIpc) is 2.83. The van der Waals surface area contributed by atoms with Crippen molar-refractivity contribution in [3.05, 3.63) is 40.9 Å². The quantitative estimate of drug-likeness (QED) is 0.811. The summed E-state index contributed by atoms with van der Waals surface area (Å²) >= 11 is 1.69. The molecule has 1 atom stereocenters. The second-order valence-electron chi connectivity index (χ2n) is 4.09. The van der Waals surface area contributed by atoms with E-state index in [2.05, 4.69) is 33.8 Å². The summed E-state index contributed by atoms with van der Waals surface area (Å²) in [5, 5.41) is 3.16. The van der Waals surface area contributed by atoms with Crippen LogP contribution in [0, 0.1) is 0 Å². The summed E-state index contributed by atoms with van der Waals surface area (Å²) in [6.45, 7) is 3.08. The van der Waals surface area contributed by atoms with E-state index in [0.29, 0.717) is 6.04 Å². The van der Waals surface area contributed by atoms with Crippen LogP contribution in [0.15, 0.2) is 30.2 Å². The van der Waals surface area contributed by atoms with E-state index in [1.54, 1.807) is 23.7 Å². The van der Waals surface area contributed by atoms with Crippen LogP contribution in [0.1, 0.15) is 17.6 Å². The summed E-state index contributed by atoms with van der Waals surface area (Å²) in [7, 11) is 2.11. The lowest BCUT2D eigenvalue weighted by atomic mass is 10.1. The standard InChI is InChI=1S/C12H16N4S/c1-10(7-11-8-13-3-4-14-11)16(2)9-12-15-5-6-17-12/h3-6,8,10H,7,9H2,1-2H3/t10-/m0/s1. The molecule has 0 aliphatic carbocycles. The van der Waals surface area contributed by atoms with Crippen molar-refractivity contribution in [1.29, 1.82) is 0 Å². The third-order valence-corrected chi connectivity index (χ3v) is 3.51. The fourth-order valence-corrected chi connectivity index (χ4v) is 2.27. The van der Waals surface area contributed by atoms with Crippen LogP contribution in [0.4, 0.5) is 0 Å². The molecule has 90 valence electrons. The Morgan fingerprint density at radius 2 is 2.18 bits per heavy atom. The lowest BCUT2D eigenvalue weighted by Gasteiger charge is -2.23. The molecule has 0 aliphatic heterocycles. The highest BCUT2D eigenvalue weighted by atomic mass is 32.1. The molecular formula is C12H16N4S. The minimum absolute atomic E-state index is 0.426. The van der Waals surface area contributed by atoms with E-state index in [1.165, 1.54) is 0 Å². The first-order valence-corrected chi connectivity index (χ1v) is 6.47. The van der Waals surface area contributed by atoms with Crippen molar-refractivity contribution >= 4 is 11.3 Å². The number of nitrogens with zero attached hydrogens (tertiary/aromatic N) is 4. The first-order valence-electron chi connectivity index (χ1n) is 5.59. The summed E-state index contributed by atoms with van der Waals surface area (Å²) in [5.41, 5.74) is 1.03. The van der Waals surface area contributed by atoms with Crippen LogP contribution in [0.5, 0.6) is 0 Å². The maximum atomic E-state index is 4.30. The molecule has 2 heterocycles. The Labute approximate surface area is 105 Å². The number of hydrogen-bond donors (Lipinski definition) is 0. The van der Waals surface area contributed by atoms with Crippen LogP contribution in [0.2, 0.25) is 0 Å². The summed E-state index contributed by atoms with van der Waals surface area (Å²) in [5.74, 6) is 0. The Bertz CT molecular complexity index is 429. The van der Waals surface area contributed by atoms with E-state index < -0.39 is 0 Å². The summed E-state index contributed by atoms with van der Waals surface area (Å²) in [4.78, 5) is 15.0.